The Kier molecular flexibility index (Phi) is 2.06. The molecule has 2 rings (SSSR count). The van der Waals surface area contributed by atoms with Crippen molar-refractivity contribution in [1.29, 1.82) is 0 Å². The Morgan fingerprint density at radius 3 is 3.00 bits per heavy atom. The maximum atomic E-state index is 5.53. The van der Waals surface area contributed by atoms with Gasteiger partial charge in [0, 0.05) is 6.42 Å². The number of hydrogen-bond acceptors (Lipinski definition) is 1. The molecule has 0 spiro atoms. The normalized spacial score (nSPS) is 15.2. The van der Waals surface area contributed by atoms with Crippen molar-refractivity contribution in [3.05, 3.63) is 23.3 Å². The van der Waals surface area contributed by atoms with Gasteiger partial charge in [-0.1, -0.05) is 8.58 Å². The predicted octanol–water partition coefficient (Wildman–Crippen LogP) is 1.86. The lowest BCUT2D eigenvalue weighted by atomic mass is 10.1. The Morgan fingerprint density at radius 1 is 1.42 bits per heavy atom. The van der Waals surface area contributed by atoms with Crippen LogP contribution in [0.15, 0.2) is 12.1 Å². The highest BCUT2D eigenvalue weighted by molar-refractivity contribution is 7.46. The Hall–Kier alpha value is -0.550. The fourth-order valence-electron chi connectivity index (χ4n) is 1.65. The maximum absolute atomic E-state index is 5.53. The zero-order valence-electron chi connectivity index (χ0n) is 7.48. The molecule has 0 N–H and O–H groups in total. The minimum absolute atomic E-state index is 0.868. The summed E-state index contributed by atoms with van der Waals surface area (Å²) in [7, 11) is 0.894. The summed E-state index contributed by atoms with van der Waals surface area (Å²) in [4.78, 5) is 0. The topological polar surface area (TPSA) is 9.23 Å². The van der Waals surface area contributed by atoms with Gasteiger partial charge in [0.2, 0.25) is 0 Å². The Balaban J connectivity index is 2.51. The molecule has 2 heteroatoms. The van der Waals surface area contributed by atoms with Gasteiger partial charge in [-0.3, -0.25) is 0 Å². The zero-order valence-corrected chi connectivity index (χ0v) is 8.48. The quantitative estimate of drug-likeness (QED) is 0.599. The highest BCUT2D eigenvalue weighted by Gasteiger charge is 2.14. The van der Waals surface area contributed by atoms with E-state index >= 15 is 0 Å². The molecule has 12 heavy (non-hydrogen) atoms. The van der Waals surface area contributed by atoms with Gasteiger partial charge in [0.25, 0.3) is 0 Å². The Morgan fingerprint density at radius 2 is 2.25 bits per heavy atom. The monoisotopic (exact) mass is 180 g/mol. The van der Waals surface area contributed by atoms with Crippen LogP contribution in [-0.4, -0.2) is 13.3 Å². The third-order valence-electron chi connectivity index (χ3n) is 2.26. The number of hydrogen-bond donors (Lipinski definition) is 0. The fourth-order valence-corrected chi connectivity index (χ4v) is 2.33. The Labute approximate surface area is 74.9 Å². The summed E-state index contributed by atoms with van der Waals surface area (Å²) in [5, 5.41) is 1.46. The minimum atomic E-state index is 0.868. The van der Waals surface area contributed by atoms with Crippen LogP contribution in [-0.2, 0) is 6.42 Å². The zero-order chi connectivity index (χ0) is 8.55. The van der Waals surface area contributed by atoms with Crippen molar-refractivity contribution in [3.8, 4) is 5.75 Å². The van der Waals surface area contributed by atoms with Gasteiger partial charge in [0.05, 0.1) is 6.61 Å². The van der Waals surface area contributed by atoms with Crippen molar-refractivity contribution in [2.75, 3.05) is 13.3 Å². The third kappa shape index (κ3) is 1.23. The first-order chi connectivity index (χ1) is 5.81. The van der Waals surface area contributed by atoms with Crippen LogP contribution in [0.25, 0.3) is 0 Å². The largest absolute Gasteiger partial charge is 0.493 e. The van der Waals surface area contributed by atoms with E-state index in [4.69, 9.17) is 4.74 Å². The number of rotatable bonds is 1. The van der Waals surface area contributed by atoms with Crippen LogP contribution in [0.2, 0.25) is 0 Å². The molecule has 1 heterocycles. The van der Waals surface area contributed by atoms with Crippen LogP contribution < -0.4 is 10.0 Å². The molecule has 1 aliphatic heterocycles. The lowest BCUT2D eigenvalue weighted by Gasteiger charge is -2.05. The van der Waals surface area contributed by atoms with Gasteiger partial charge in [-0.15, -0.1) is 0 Å². The fraction of sp³-hybridized carbons (Fsp3) is 0.400. The van der Waals surface area contributed by atoms with Crippen LogP contribution >= 0.6 is 8.58 Å². The molecule has 0 aromatic heterocycles. The SMILES string of the molecule is CPc1cc(C)c2c(c1)CCO2. The molecule has 64 valence electrons. The second-order valence-corrected chi connectivity index (χ2v) is 4.21. The van der Waals surface area contributed by atoms with Crippen LogP contribution in [0, 0.1) is 6.92 Å². The van der Waals surface area contributed by atoms with Crippen LogP contribution in [0.1, 0.15) is 11.1 Å². The van der Waals surface area contributed by atoms with E-state index in [0.29, 0.717) is 0 Å². The van der Waals surface area contributed by atoms with Crippen molar-refractivity contribution >= 4 is 13.9 Å². The summed E-state index contributed by atoms with van der Waals surface area (Å²) in [5.41, 5.74) is 2.70. The van der Waals surface area contributed by atoms with E-state index in [0.717, 1.165) is 27.4 Å². The standard InChI is InChI=1S/C10H13OP/c1-7-5-9(12-2)6-8-3-4-11-10(7)8/h5-6,12H,3-4H2,1-2H3. The van der Waals surface area contributed by atoms with Crippen molar-refractivity contribution in [2.45, 2.75) is 13.3 Å². The van der Waals surface area contributed by atoms with E-state index in [1.807, 2.05) is 0 Å². The highest BCUT2D eigenvalue weighted by atomic mass is 31.1. The van der Waals surface area contributed by atoms with E-state index < -0.39 is 0 Å². The second kappa shape index (κ2) is 3.06. The molecular formula is C10H13OP. The van der Waals surface area contributed by atoms with Gasteiger partial charge in [-0.25, -0.2) is 0 Å². The van der Waals surface area contributed by atoms with Crippen LogP contribution in [0.5, 0.6) is 5.75 Å². The van der Waals surface area contributed by atoms with Crippen molar-refractivity contribution < 1.29 is 4.74 Å². The smallest absolute Gasteiger partial charge is 0.125 e. The van der Waals surface area contributed by atoms with Gasteiger partial charge in [0.15, 0.2) is 0 Å². The number of ether oxygens (including phenoxy) is 1. The Bertz CT molecular complexity index is 307. The summed E-state index contributed by atoms with van der Waals surface area (Å²) >= 11 is 0. The first kappa shape index (κ1) is 8.07. The lowest BCUT2D eigenvalue weighted by Crippen LogP contribution is -1.96. The summed E-state index contributed by atoms with van der Waals surface area (Å²) in [5.74, 6) is 1.14. The molecule has 1 aliphatic rings. The molecule has 1 nitrogen and oxygen atoms in total. The minimum Gasteiger partial charge on any atom is -0.493 e. The van der Waals surface area contributed by atoms with Crippen molar-refractivity contribution in [3.63, 3.8) is 0 Å². The van der Waals surface area contributed by atoms with Crippen molar-refractivity contribution in [1.82, 2.24) is 0 Å². The third-order valence-corrected chi connectivity index (χ3v) is 3.12. The molecule has 0 saturated heterocycles. The van der Waals surface area contributed by atoms with Gasteiger partial charge in [0.1, 0.15) is 5.75 Å². The van der Waals surface area contributed by atoms with Crippen LogP contribution in [0.4, 0.5) is 0 Å². The summed E-state index contributed by atoms with van der Waals surface area (Å²) in [6, 6.07) is 4.52. The van der Waals surface area contributed by atoms with E-state index in [1.54, 1.807) is 0 Å². The molecular weight excluding hydrogens is 167 g/mol. The predicted molar refractivity (Wildman–Crippen MR) is 54.3 cm³/mol. The number of benzene rings is 1. The summed E-state index contributed by atoms with van der Waals surface area (Å²) in [6.45, 7) is 5.22. The van der Waals surface area contributed by atoms with Crippen molar-refractivity contribution in [2.24, 2.45) is 0 Å². The second-order valence-electron chi connectivity index (χ2n) is 3.13. The molecule has 1 unspecified atom stereocenters. The van der Waals surface area contributed by atoms with Gasteiger partial charge >= 0.3 is 0 Å². The maximum Gasteiger partial charge on any atom is 0.125 e. The molecule has 0 amide bonds. The average molecular weight is 180 g/mol. The molecule has 1 aromatic carbocycles. The van der Waals surface area contributed by atoms with E-state index in [1.165, 1.54) is 16.4 Å². The molecule has 0 bridgehead atoms. The average Bonchev–Trinajstić information content (AvgIpc) is 2.52. The molecule has 0 radical (unpaired) electrons. The first-order valence-electron chi connectivity index (χ1n) is 4.25. The molecule has 0 saturated carbocycles. The molecule has 1 aromatic rings. The number of fused-ring (bicyclic) bond motifs is 1. The van der Waals surface area contributed by atoms with Crippen LogP contribution in [0.3, 0.4) is 0 Å². The number of aryl methyl sites for hydroxylation is 1. The van der Waals surface area contributed by atoms with Gasteiger partial charge in [-0.05, 0) is 42.2 Å². The van der Waals surface area contributed by atoms with E-state index in [9.17, 15) is 0 Å². The molecule has 0 aliphatic carbocycles. The first-order valence-corrected chi connectivity index (χ1v) is 5.75. The van der Waals surface area contributed by atoms with Gasteiger partial charge < -0.3 is 4.74 Å². The van der Waals surface area contributed by atoms with E-state index in [2.05, 4.69) is 25.7 Å². The van der Waals surface area contributed by atoms with E-state index in [-0.39, 0.29) is 0 Å². The lowest BCUT2D eigenvalue weighted by molar-refractivity contribution is 0.354. The highest BCUT2D eigenvalue weighted by Crippen LogP contribution is 2.29. The summed E-state index contributed by atoms with van der Waals surface area (Å²) in [6.07, 6.45) is 1.09. The molecule has 0 fully saturated rings. The summed E-state index contributed by atoms with van der Waals surface area (Å²) < 4.78 is 5.53. The van der Waals surface area contributed by atoms with Gasteiger partial charge in [-0.2, -0.15) is 0 Å². The molecule has 1 atom stereocenters.